The molecule has 5 nitrogen and oxygen atoms in total. The molecule has 1 aromatic heterocycles. The number of hydrogen-bond donors (Lipinski definition) is 0. The number of ether oxygens (including phenoxy) is 1. The van der Waals surface area contributed by atoms with Gasteiger partial charge in [-0.15, -0.1) is 0 Å². The lowest BCUT2D eigenvalue weighted by Gasteiger charge is -2.12. The first kappa shape index (κ1) is 20.8. The number of rotatable bonds is 6. The maximum absolute atomic E-state index is 12.8. The van der Waals surface area contributed by atoms with E-state index in [0.29, 0.717) is 27.4 Å². The molecule has 2 heterocycles. The summed E-state index contributed by atoms with van der Waals surface area (Å²) in [6.45, 7) is 0.869. The predicted molar refractivity (Wildman–Crippen MR) is 126 cm³/mol. The van der Waals surface area contributed by atoms with Crippen molar-refractivity contribution in [3.05, 3.63) is 76.3 Å². The second kappa shape index (κ2) is 9.14. The average molecular weight is 456 g/mol. The number of methoxy groups -OCH3 is 1. The Morgan fingerprint density at radius 2 is 1.90 bits per heavy atom. The van der Waals surface area contributed by atoms with Crippen molar-refractivity contribution < 1.29 is 9.53 Å². The third kappa shape index (κ3) is 4.34. The van der Waals surface area contributed by atoms with Gasteiger partial charge in [0.05, 0.1) is 29.4 Å². The average Bonchev–Trinajstić information content (AvgIpc) is 3.29. The Hall–Kier alpha value is -2.45. The van der Waals surface area contributed by atoms with E-state index in [0.717, 1.165) is 22.5 Å². The summed E-state index contributed by atoms with van der Waals surface area (Å²) in [6, 6.07) is 17.3. The maximum Gasteiger partial charge on any atom is 0.266 e. The molecule has 0 atom stereocenters. The summed E-state index contributed by atoms with van der Waals surface area (Å²) in [7, 11) is 1.60. The molecule has 30 heavy (non-hydrogen) atoms. The molecule has 0 N–H and O–H groups in total. The van der Waals surface area contributed by atoms with Crippen molar-refractivity contribution in [2.24, 2.45) is 0 Å². The SMILES string of the molecule is COCCN1C(=O)C(=Cc2cn(-c3ccccc3)nc2-c2ccc(Cl)cc2)SC1=S. The number of aromatic nitrogens is 2. The fourth-order valence-electron chi connectivity index (χ4n) is 3.05. The van der Waals surface area contributed by atoms with E-state index in [1.54, 1.807) is 16.7 Å². The van der Waals surface area contributed by atoms with Crippen LogP contribution in [0.25, 0.3) is 23.0 Å². The number of nitrogens with zero attached hydrogens (tertiary/aromatic N) is 3. The number of thiocarbonyl (C=S) groups is 1. The Bertz CT molecular complexity index is 1110. The van der Waals surface area contributed by atoms with Gasteiger partial charge in [0.1, 0.15) is 4.32 Å². The van der Waals surface area contributed by atoms with Crippen molar-refractivity contribution in [3.8, 4) is 16.9 Å². The molecule has 1 saturated heterocycles. The van der Waals surface area contributed by atoms with Crippen LogP contribution in [0, 0.1) is 0 Å². The normalized spacial score (nSPS) is 15.4. The molecular formula is C22H18ClN3O2S2. The molecule has 1 aliphatic rings. The molecule has 0 saturated carbocycles. The molecule has 152 valence electrons. The molecule has 0 unspecified atom stereocenters. The van der Waals surface area contributed by atoms with Gasteiger partial charge in [0.2, 0.25) is 0 Å². The van der Waals surface area contributed by atoms with Crippen LogP contribution in [-0.2, 0) is 9.53 Å². The highest BCUT2D eigenvalue weighted by molar-refractivity contribution is 8.26. The second-order valence-corrected chi connectivity index (χ2v) is 8.66. The Morgan fingerprint density at radius 1 is 1.17 bits per heavy atom. The standard InChI is InChI=1S/C22H18ClN3O2S2/c1-28-12-11-25-21(27)19(30-22(25)29)13-16-14-26(18-5-3-2-4-6-18)24-20(16)15-7-9-17(23)10-8-15/h2-10,13-14H,11-12H2,1H3. The van der Waals surface area contributed by atoms with E-state index in [1.165, 1.54) is 11.8 Å². The zero-order valence-electron chi connectivity index (χ0n) is 16.1. The summed E-state index contributed by atoms with van der Waals surface area (Å²) >= 11 is 12.7. The first-order chi connectivity index (χ1) is 14.6. The lowest BCUT2D eigenvalue weighted by Crippen LogP contribution is -2.31. The van der Waals surface area contributed by atoms with Crippen LogP contribution >= 0.6 is 35.6 Å². The summed E-state index contributed by atoms with van der Waals surface area (Å²) in [6.07, 6.45) is 3.77. The van der Waals surface area contributed by atoms with Gasteiger partial charge >= 0.3 is 0 Å². The van der Waals surface area contributed by atoms with E-state index < -0.39 is 0 Å². The van der Waals surface area contributed by atoms with E-state index >= 15 is 0 Å². The van der Waals surface area contributed by atoms with Gasteiger partial charge in [0, 0.05) is 29.5 Å². The highest BCUT2D eigenvalue weighted by atomic mass is 35.5. The van der Waals surface area contributed by atoms with Crippen LogP contribution in [0.3, 0.4) is 0 Å². The number of thioether (sulfide) groups is 1. The van der Waals surface area contributed by atoms with Crippen LogP contribution in [0.15, 0.2) is 65.7 Å². The van der Waals surface area contributed by atoms with Crippen molar-refractivity contribution >= 4 is 51.9 Å². The van der Waals surface area contributed by atoms with E-state index in [4.69, 9.17) is 33.7 Å². The van der Waals surface area contributed by atoms with Crippen LogP contribution in [0.2, 0.25) is 5.02 Å². The molecule has 1 amide bonds. The molecule has 0 radical (unpaired) electrons. The number of hydrogen-bond acceptors (Lipinski definition) is 5. The summed E-state index contributed by atoms with van der Waals surface area (Å²) in [4.78, 5) is 15.0. The van der Waals surface area contributed by atoms with Gasteiger partial charge in [-0.2, -0.15) is 5.10 Å². The van der Waals surface area contributed by atoms with E-state index in [1.807, 2.05) is 66.9 Å². The van der Waals surface area contributed by atoms with Crippen LogP contribution in [-0.4, -0.2) is 45.2 Å². The monoisotopic (exact) mass is 455 g/mol. The fraction of sp³-hybridized carbons (Fsp3) is 0.136. The lowest BCUT2D eigenvalue weighted by molar-refractivity contribution is -0.122. The molecule has 0 spiro atoms. The number of benzene rings is 2. The molecule has 0 aliphatic carbocycles. The van der Waals surface area contributed by atoms with Crippen molar-refractivity contribution in [3.63, 3.8) is 0 Å². The van der Waals surface area contributed by atoms with Crippen molar-refractivity contribution in [2.75, 3.05) is 20.3 Å². The fourth-order valence-corrected chi connectivity index (χ4v) is 4.48. The van der Waals surface area contributed by atoms with Gasteiger partial charge in [0.15, 0.2) is 0 Å². The minimum Gasteiger partial charge on any atom is -0.383 e. The smallest absolute Gasteiger partial charge is 0.266 e. The summed E-state index contributed by atoms with van der Waals surface area (Å²) in [5, 5.41) is 5.43. The minimum atomic E-state index is -0.114. The quantitative estimate of drug-likeness (QED) is 0.385. The van der Waals surface area contributed by atoms with Gasteiger partial charge in [0.25, 0.3) is 5.91 Å². The van der Waals surface area contributed by atoms with Gasteiger partial charge in [-0.05, 0) is 30.3 Å². The van der Waals surface area contributed by atoms with Gasteiger partial charge in [-0.3, -0.25) is 9.69 Å². The van der Waals surface area contributed by atoms with E-state index in [9.17, 15) is 4.79 Å². The first-order valence-corrected chi connectivity index (χ1v) is 10.8. The Balaban J connectivity index is 1.76. The number of carbonyl (C=O) groups is 1. The molecule has 8 heteroatoms. The number of carbonyl (C=O) groups excluding carboxylic acids is 1. The molecule has 4 rings (SSSR count). The highest BCUT2D eigenvalue weighted by Gasteiger charge is 2.32. The number of halogens is 1. The van der Waals surface area contributed by atoms with Crippen LogP contribution in [0.1, 0.15) is 5.56 Å². The van der Waals surface area contributed by atoms with Gasteiger partial charge < -0.3 is 4.74 Å². The Kier molecular flexibility index (Phi) is 6.34. The van der Waals surface area contributed by atoms with Crippen molar-refractivity contribution in [1.29, 1.82) is 0 Å². The highest BCUT2D eigenvalue weighted by Crippen LogP contribution is 2.35. The Labute approximate surface area is 189 Å². The molecule has 0 bridgehead atoms. The van der Waals surface area contributed by atoms with Gasteiger partial charge in [-0.25, -0.2) is 4.68 Å². The zero-order chi connectivity index (χ0) is 21.1. The van der Waals surface area contributed by atoms with E-state index in [2.05, 4.69) is 0 Å². The van der Waals surface area contributed by atoms with Crippen molar-refractivity contribution in [1.82, 2.24) is 14.7 Å². The number of para-hydroxylation sites is 1. The van der Waals surface area contributed by atoms with Crippen LogP contribution in [0.5, 0.6) is 0 Å². The largest absolute Gasteiger partial charge is 0.383 e. The van der Waals surface area contributed by atoms with Crippen molar-refractivity contribution in [2.45, 2.75) is 0 Å². The number of amides is 1. The summed E-state index contributed by atoms with van der Waals surface area (Å²) < 4.78 is 7.43. The molecule has 3 aromatic rings. The summed E-state index contributed by atoms with van der Waals surface area (Å²) in [5.74, 6) is -0.114. The lowest BCUT2D eigenvalue weighted by atomic mass is 10.1. The van der Waals surface area contributed by atoms with E-state index in [-0.39, 0.29) is 5.91 Å². The Morgan fingerprint density at radius 3 is 2.60 bits per heavy atom. The van der Waals surface area contributed by atoms with Crippen LogP contribution in [0.4, 0.5) is 0 Å². The summed E-state index contributed by atoms with van der Waals surface area (Å²) in [5.41, 5.74) is 3.43. The minimum absolute atomic E-state index is 0.114. The molecular weight excluding hydrogens is 438 g/mol. The third-order valence-corrected chi connectivity index (χ3v) is 6.19. The first-order valence-electron chi connectivity index (χ1n) is 9.22. The predicted octanol–water partition coefficient (Wildman–Crippen LogP) is 5.04. The zero-order valence-corrected chi connectivity index (χ0v) is 18.5. The van der Waals surface area contributed by atoms with Crippen LogP contribution < -0.4 is 0 Å². The maximum atomic E-state index is 12.8. The second-order valence-electron chi connectivity index (χ2n) is 6.55. The third-order valence-electron chi connectivity index (χ3n) is 4.56. The molecule has 1 aliphatic heterocycles. The molecule has 2 aromatic carbocycles. The molecule has 1 fully saturated rings. The van der Waals surface area contributed by atoms with Gasteiger partial charge in [-0.1, -0.05) is 65.9 Å². The topological polar surface area (TPSA) is 47.4 Å².